The third kappa shape index (κ3) is 2.42. The molecule has 0 aromatic rings. The molecule has 0 aromatic carbocycles. The average molecular weight is 277 g/mol. The highest BCUT2D eigenvalue weighted by Gasteiger charge is 2.45. The second-order valence-electron chi connectivity index (χ2n) is 8.22. The van der Waals surface area contributed by atoms with E-state index in [-0.39, 0.29) is 0 Å². The van der Waals surface area contributed by atoms with Gasteiger partial charge in [0, 0.05) is 44.8 Å². The van der Waals surface area contributed by atoms with Crippen LogP contribution in [0.15, 0.2) is 0 Å². The van der Waals surface area contributed by atoms with Crippen molar-refractivity contribution in [2.45, 2.75) is 44.7 Å². The van der Waals surface area contributed by atoms with Crippen molar-refractivity contribution < 1.29 is 0 Å². The molecule has 4 fully saturated rings. The smallest absolute Gasteiger partial charge is 0.0350 e. The van der Waals surface area contributed by atoms with E-state index in [2.05, 4.69) is 28.7 Å². The Labute approximate surface area is 124 Å². The Morgan fingerprint density at radius 2 is 1.50 bits per heavy atom. The van der Waals surface area contributed by atoms with Crippen molar-refractivity contribution >= 4 is 0 Å². The molecule has 3 nitrogen and oxygen atoms in total. The van der Waals surface area contributed by atoms with Crippen LogP contribution in [0.25, 0.3) is 0 Å². The van der Waals surface area contributed by atoms with Gasteiger partial charge in [0.25, 0.3) is 0 Å². The van der Waals surface area contributed by atoms with Crippen LogP contribution in [0.4, 0.5) is 0 Å². The van der Waals surface area contributed by atoms with Crippen molar-refractivity contribution in [3.8, 4) is 0 Å². The Morgan fingerprint density at radius 1 is 0.800 bits per heavy atom. The predicted molar refractivity (Wildman–Crippen MR) is 82.8 cm³/mol. The van der Waals surface area contributed by atoms with Crippen LogP contribution in [0.3, 0.4) is 0 Å². The van der Waals surface area contributed by atoms with E-state index in [9.17, 15) is 0 Å². The number of piperidine rings is 1. The first kappa shape index (κ1) is 13.5. The zero-order chi connectivity index (χ0) is 13.7. The zero-order valence-electron chi connectivity index (χ0n) is 13.3. The van der Waals surface area contributed by atoms with E-state index in [0.29, 0.717) is 0 Å². The lowest BCUT2D eigenvalue weighted by Crippen LogP contribution is -2.63. The quantitative estimate of drug-likeness (QED) is 0.761. The second kappa shape index (κ2) is 5.26. The molecule has 3 atom stereocenters. The van der Waals surface area contributed by atoms with E-state index in [4.69, 9.17) is 0 Å². The summed E-state index contributed by atoms with van der Waals surface area (Å²) in [6, 6.07) is 1.82. The molecule has 4 rings (SSSR count). The summed E-state index contributed by atoms with van der Waals surface area (Å²) in [4.78, 5) is 8.13. The van der Waals surface area contributed by atoms with Gasteiger partial charge in [0.15, 0.2) is 0 Å². The summed E-state index contributed by atoms with van der Waals surface area (Å²) in [7, 11) is 2.30. The largest absolute Gasteiger partial charge is 0.306 e. The summed E-state index contributed by atoms with van der Waals surface area (Å²) >= 11 is 0. The second-order valence-corrected chi connectivity index (χ2v) is 8.22. The van der Waals surface area contributed by atoms with E-state index < -0.39 is 0 Å². The maximum Gasteiger partial charge on any atom is 0.0350 e. The van der Waals surface area contributed by atoms with Crippen molar-refractivity contribution in [2.75, 3.05) is 46.3 Å². The minimum atomic E-state index is 0.890. The highest BCUT2D eigenvalue weighted by atomic mass is 15.3. The lowest BCUT2D eigenvalue weighted by molar-refractivity contribution is -0.0126. The van der Waals surface area contributed by atoms with Crippen LogP contribution >= 0.6 is 0 Å². The molecule has 0 radical (unpaired) electrons. The fourth-order valence-corrected chi connectivity index (χ4v) is 5.38. The maximum absolute atomic E-state index is 2.81. The van der Waals surface area contributed by atoms with Crippen molar-refractivity contribution in [1.29, 1.82) is 0 Å². The lowest BCUT2D eigenvalue weighted by atomic mass is 9.95. The number of rotatable bonds is 2. The normalized spacial score (nSPS) is 44.7. The molecule has 3 unspecified atom stereocenters. The SMILES string of the molecule is CC1CCCN(C2CN(C3CC4CN(C)CC4C3)C2)C1. The van der Waals surface area contributed by atoms with E-state index >= 15 is 0 Å². The molecule has 3 heterocycles. The fraction of sp³-hybridized carbons (Fsp3) is 1.00. The minimum Gasteiger partial charge on any atom is -0.306 e. The van der Waals surface area contributed by atoms with Gasteiger partial charge >= 0.3 is 0 Å². The Hall–Kier alpha value is -0.120. The molecule has 0 bridgehead atoms. The average Bonchev–Trinajstić information content (AvgIpc) is 2.84. The van der Waals surface area contributed by atoms with Crippen molar-refractivity contribution in [3.63, 3.8) is 0 Å². The Bertz CT molecular complexity index is 338. The van der Waals surface area contributed by atoms with Gasteiger partial charge in [-0.3, -0.25) is 9.80 Å². The molecule has 1 aliphatic carbocycles. The molecule has 0 aromatic heterocycles. The molecule has 0 amide bonds. The zero-order valence-corrected chi connectivity index (χ0v) is 13.3. The molecule has 3 aliphatic heterocycles. The molecule has 114 valence electrons. The monoisotopic (exact) mass is 277 g/mol. The van der Waals surface area contributed by atoms with Crippen molar-refractivity contribution in [2.24, 2.45) is 17.8 Å². The summed E-state index contributed by atoms with van der Waals surface area (Å²) in [5, 5.41) is 0. The van der Waals surface area contributed by atoms with Gasteiger partial charge < -0.3 is 4.90 Å². The van der Waals surface area contributed by atoms with Gasteiger partial charge in [-0.1, -0.05) is 6.92 Å². The number of fused-ring (bicyclic) bond motifs is 1. The summed E-state index contributed by atoms with van der Waals surface area (Å²) < 4.78 is 0. The first-order chi connectivity index (χ1) is 9.69. The number of likely N-dealkylation sites (tertiary alicyclic amines) is 3. The van der Waals surface area contributed by atoms with Crippen LogP contribution in [0, 0.1) is 17.8 Å². The Balaban J connectivity index is 1.26. The van der Waals surface area contributed by atoms with Crippen LogP contribution in [0.5, 0.6) is 0 Å². The lowest BCUT2D eigenvalue weighted by Gasteiger charge is -2.50. The fourth-order valence-electron chi connectivity index (χ4n) is 5.38. The maximum atomic E-state index is 2.81. The minimum absolute atomic E-state index is 0.890. The molecule has 1 saturated carbocycles. The summed E-state index contributed by atoms with van der Waals surface area (Å²) in [5.41, 5.74) is 0. The van der Waals surface area contributed by atoms with Gasteiger partial charge in [0.05, 0.1) is 0 Å². The molecule has 3 heteroatoms. The highest BCUT2D eigenvalue weighted by Crippen LogP contribution is 2.41. The highest BCUT2D eigenvalue weighted by molar-refractivity contribution is 5.00. The molecule has 0 spiro atoms. The van der Waals surface area contributed by atoms with E-state index in [0.717, 1.165) is 29.8 Å². The molecule has 20 heavy (non-hydrogen) atoms. The molecule has 4 aliphatic rings. The summed E-state index contributed by atoms with van der Waals surface area (Å²) in [5.74, 6) is 2.96. The summed E-state index contributed by atoms with van der Waals surface area (Å²) in [6.07, 6.45) is 5.85. The number of hydrogen-bond donors (Lipinski definition) is 0. The third-order valence-electron chi connectivity index (χ3n) is 6.52. The van der Waals surface area contributed by atoms with E-state index in [1.54, 1.807) is 0 Å². The van der Waals surface area contributed by atoms with Crippen molar-refractivity contribution in [1.82, 2.24) is 14.7 Å². The third-order valence-corrected chi connectivity index (χ3v) is 6.52. The Kier molecular flexibility index (Phi) is 3.56. The molecule has 3 saturated heterocycles. The van der Waals surface area contributed by atoms with Crippen molar-refractivity contribution in [3.05, 3.63) is 0 Å². The predicted octanol–water partition coefficient (Wildman–Crippen LogP) is 1.74. The van der Waals surface area contributed by atoms with Gasteiger partial charge in [-0.15, -0.1) is 0 Å². The van der Waals surface area contributed by atoms with Gasteiger partial charge in [0.2, 0.25) is 0 Å². The molecular formula is C17H31N3. The van der Waals surface area contributed by atoms with Crippen LogP contribution in [0.1, 0.15) is 32.6 Å². The number of nitrogens with zero attached hydrogens (tertiary/aromatic N) is 3. The topological polar surface area (TPSA) is 9.72 Å². The Morgan fingerprint density at radius 3 is 2.15 bits per heavy atom. The van der Waals surface area contributed by atoms with Gasteiger partial charge in [-0.05, 0) is 57.0 Å². The first-order valence-corrected chi connectivity index (χ1v) is 8.85. The van der Waals surface area contributed by atoms with Gasteiger partial charge in [0.1, 0.15) is 0 Å². The van der Waals surface area contributed by atoms with Crippen LogP contribution in [-0.2, 0) is 0 Å². The standard InChI is InChI=1S/C17H31N3/c1-13-4-3-5-19(8-13)17-11-20(12-17)16-6-14-9-18(2)10-15(14)7-16/h13-17H,3-12H2,1-2H3. The van der Waals surface area contributed by atoms with Crippen LogP contribution in [-0.4, -0.2) is 73.1 Å². The summed E-state index contributed by atoms with van der Waals surface area (Å²) in [6.45, 7) is 10.6. The van der Waals surface area contributed by atoms with E-state index in [1.807, 2.05) is 0 Å². The molecular weight excluding hydrogens is 246 g/mol. The first-order valence-electron chi connectivity index (χ1n) is 8.85. The van der Waals surface area contributed by atoms with Crippen LogP contribution < -0.4 is 0 Å². The number of hydrogen-bond acceptors (Lipinski definition) is 3. The van der Waals surface area contributed by atoms with Crippen LogP contribution in [0.2, 0.25) is 0 Å². The van der Waals surface area contributed by atoms with Gasteiger partial charge in [-0.25, -0.2) is 0 Å². The van der Waals surface area contributed by atoms with Gasteiger partial charge in [-0.2, -0.15) is 0 Å². The molecule has 0 N–H and O–H groups in total. The van der Waals surface area contributed by atoms with E-state index in [1.165, 1.54) is 65.0 Å².